The van der Waals surface area contributed by atoms with Gasteiger partial charge in [0, 0.05) is 13.1 Å². The van der Waals surface area contributed by atoms with Crippen LogP contribution >= 0.6 is 0 Å². The minimum Gasteiger partial charge on any atom is -0.465 e. The van der Waals surface area contributed by atoms with Crippen molar-refractivity contribution in [1.29, 1.82) is 0 Å². The zero-order chi connectivity index (χ0) is 28.4. The van der Waals surface area contributed by atoms with Gasteiger partial charge in [-0.2, -0.15) is 0 Å². The molecule has 0 radical (unpaired) electrons. The molecule has 0 aliphatic carbocycles. The minimum atomic E-state index is -1.19. The highest BCUT2D eigenvalue weighted by molar-refractivity contribution is 5.98. The van der Waals surface area contributed by atoms with Crippen LogP contribution in [-0.2, 0) is 30.4 Å². The molecule has 2 amide bonds. The number of hydrogen-bond acceptors (Lipinski definition) is 6. The Morgan fingerprint density at radius 2 is 1.97 bits per heavy atom. The molecule has 4 rings (SSSR count). The average Bonchev–Trinajstić information content (AvgIpc) is 3.44. The van der Waals surface area contributed by atoms with E-state index in [2.05, 4.69) is 13.2 Å². The van der Waals surface area contributed by atoms with Crippen molar-refractivity contribution < 1.29 is 29.0 Å². The van der Waals surface area contributed by atoms with E-state index in [0.29, 0.717) is 19.4 Å². The lowest BCUT2D eigenvalue weighted by Crippen LogP contribution is -2.58. The third-order valence-electron chi connectivity index (χ3n) is 8.90. The first-order valence-electron chi connectivity index (χ1n) is 14.0. The lowest BCUT2D eigenvalue weighted by Gasteiger charge is -2.38. The molecule has 3 fully saturated rings. The van der Waals surface area contributed by atoms with Crippen LogP contribution in [0.15, 0.2) is 55.6 Å². The summed E-state index contributed by atoms with van der Waals surface area (Å²) in [6, 6.07) is 8.03. The number of amides is 2. The zero-order valence-corrected chi connectivity index (χ0v) is 23.4. The fraction of sp³-hybridized carbons (Fsp3) is 0.581. The number of esters is 1. The van der Waals surface area contributed by atoms with Gasteiger partial charge in [0.1, 0.15) is 17.6 Å². The van der Waals surface area contributed by atoms with E-state index in [-0.39, 0.29) is 37.5 Å². The Morgan fingerprint density at radius 3 is 2.62 bits per heavy atom. The van der Waals surface area contributed by atoms with Crippen LogP contribution in [0, 0.1) is 17.8 Å². The molecule has 0 aromatic heterocycles. The van der Waals surface area contributed by atoms with Crippen LogP contribution in [0.25, 0.3) is 0 Å². The van der Waals surface area contributed by atoms with E-state index in [1.807, 2.05) is 50.3 Å². The van der Waals surface area contributed by atoms with Crippen molar-refractivity contribution in [2.45, 2.75) is 76.3 Å². The van der Waals surface area contributed by atoms with Crippen molar-refractivity contribution in [1.82, 2.24) is 9.80 Å². The van der Waals surface area contributed by atoms with Crippen molar-refractivity contribution in [3.8, 4) is 0 Å². The third-order valence-corrected chi connectivity index (χ3v) is 8.90. The van der Waals surface area contributed by atoms with E-state index in [0.717, 1.165) is 18.4 Å². The van der Waals surface area contributed by atoms with E-state index in [1.54, 1.807) is 17.9 Å². The number of ether oxygens (including phenoxy) is 2. The molecule has 1 spiro atoms. The molecule has 1 N–H and O–H groups in total. The van der Waals surface area contributed by atoms with Crippen LogP contribution < -0.4 is 0 Å². The predicted octanol–water partition coefficient (Wildman–Crippen LogP) is 3.49. The van der Waals surface area contributed by atoms with Crippen LogP contribution in [0.4, 0.5) is 0 Å². The fourth-order valence-electron chi connectivity index (χ4n) is 6.89. The van der Waals surface area contributed by atoms with E-state index in [9.17, 15) is 19.5 Å². The summed E-state index contributed by atoms with van der Waals surface area (Å²) in [6.07, 6.45) is 6.35. The van der Waals surface area contributed by atoms with Gasteiger partial charge in [-0.05, 0) is 51.0 Å². The maximum Gasteiger partial charge on any atom is 0.312 e. The smallest absolute Gasteiger partial charge is 0.312 e. The molecule has 3 saturated heterocycles. The summed E-state index contributed by atoms with van der Waals surface area (Å²) in [5.41, 5.74) is -1.18. The van der Waals surface area contributed by atoms with Gasteiger partial charge < -0.3 is 24.4 Å². The lowest BCUT2D eigenvalue weighted by atomic mass is 9.62. The quantitative estimate of drug-likeness (QED) is 0.235. The Kier molecular flexibility index (Phi) is 8.66. The largest absolute Gasteiger partial charge is 0.465 e. The molecule has 7 atom stereocenters. The standard InChI is InChI=1S/C31H42N2O6/c1-6-8-9-13-17-38-29(37)25-24-27(35)33(22(4)20-34)26(31(24)18-21(3)30(25,5)39-31)28(36)32(16-7-2)19-23-14-11-10-12-15-23/h6-7,10-12,14-15,21-22,24-26,34H,1-2,8-9,13,16-20H2,3-5H3/t21?,22-,24+,25+,26?,30-,31?/m1/s1. The van der Waals surface area contributed by atoms with Gasteiger partial charge in [-0.1, -0.05) is 49.4 Å². The van der Waals surface area contributed by atoms with Crippen LogP contribution in [0.5, 0.6) is 0 Å². The number of hydrogen-bond donors (Lipinski definition) is 1. The highest BCUT2D eigenvalue weighted by Gasteiger charge is 2.80. The second kappa shape index (κ2) is 11.6. The minimum absolute atomic E-state index is 0.0819. The van der Waals surface area contributed by atoms with Crippen LogP contribution in [0.3, 0.4) is 0 Å². The summed E-state index contributed by atoms with van der Waals surface area (Å²) in [5.74, 6) is -2.84. The maximum absolute atomic E-state index is 14.4. The first-order valence-corrected chi connectivity index (χ1v) is 14.0. The van der Waals surface area contributed by atoms with E-state index in [4.69, 9.17) is 9.47 Å². The number of rotatable bonds is 13. The number of aliphatic hydroxyl groups is 1. The summed E-state index contributed by atoms with van der Waals surface area (Å²) in [6.45, 7) is 13.7. The van der Waals surface area contributed by atoms with Gasteiger partial charge in [-0.15, -0.1) is 13.2 Å². The number of carbonyl (C=O) groups excluding carboxylic acids is 3. The van der Waals surface area contributed by atoms with E-state index < -0.39 is 41.1 Å². The number of likely N-dealkylation sites (tertiary alicyclic amines) is 1. The van der Waals surface area contributed by atoms with Crippen LogP contribution in [0.1, 0.15) is 52.0 Å². The first-order chi connectivity index (χ1) is 18.7. The summed E-state index contributed by atoms with van der Waals surface area (Å²) >= 11 is 0. The molecule has 3 unspecified atom stereocenters. The Hall–Kier alpha value is -2.97. The molecular formula is C31H42N2O6. The van der Waals surface area contributed by atoms with Gasteiger partial charge in [0.05, 0.1) is 30.8 Å². The molecule has 3 aliphatic rings. The average molecular weight is 539 g/mol. The van der Waals surface area contributed by atoms with Crippen molar-refractivity contribution in [3.05, 3.63) is 61.2 Å². The highest BCUT2D eigenvalue weighted by atomic mass is 16.6. The summed E-state index contributed by atoms with van der Waals surface area (Å²) < 4.78 is 12.4. The van der Waals surface area contributed by atoms with Crippen molar-refractivity contribution in [2.24, 2.45) is 17.8 Å². The lowest BCUT2D eigenvalue weighted by molar-refractivity contribution is -0.163. The highest BCUT2D eigenvalue weighted by Crippen LogP contribution is 2.65. The topological polar surface area (TPSA) is 96.4 Å². The summed E-state index contributed by atoms with van der Waals surface area (Å²) in [5, 5.41) is 10.1. The second-order valence-electron chi connectivity index (χ2n) is 11.4. The van der Waals surface area contributed by atoms with Gasteiger partial charge in [0.15, 0.2) is 0 Å². The molecule has 1 aromatic rings. The zero-order valence-electron chi connectivity index (χ0n) is 23.4. The monoisotopic (exact) mass is 538 g/mol. The predicted molar refractivity (Wildman–Crippen MR) is 147 cm³/mol. The number of unbranched alkanes of at least 4 members (excludes halogenated alkanes) is 2. The number of allylic oxidation sites excluding steroid dienone is 1. The molecule has 212 valence electrons. The normalized spacial score (nSPS) is 31.6. The number of nitrogens with zero attached hydrogens (tertiary/aromatic N) is 2. The van der Waals surface area contributed by atoms with E-state index in [1.165, 1.54) is 4.90 Å². The number of fused-ring (bicyclic) bond motifs is 1. The molecule has 1 aromatic carbocycles. The van der Waals surface area contributed by atoms with Crippen molar-refractivity contribution in [3.63, 3.8) is 0 Å². The SMILES string of the molecule is C=CCCCCOC(=O)[C@@H]1[C@H]2C(=O)N([C@H](C)CO)C(C(=O)N(CC=C)Cc3ccccc3)C23CC(C)[C@@]1(C)O3. The molecule has 8 nitrogen and oxygen atoms in total. The van der Waals surface area contributed by atoms with Crippen molar-refractivity contribution >= 4 is 17.8 Å². The number of carbonyl (C=O) groups is 3. The second-order valence-corrected chi connectivity index (χ2v) is 11.4. The Balaban J connectivity index is 1.70. The summed E-state index contributed by atoms with van der Waals surface area (Å²) in [7, 11) is 0. The Labute approximate surface area is 231 Å². The van der Waals surface area contributed by atoms with Crippen LogP contribution in [-0.4, -0.2) is 75.7 Å². The number of aliphatic hydroxyl groups excluding tert-OH is 1. The van der Waals surface area contributed by atoms with E-state index >= 15 is 0 Å². The number of benzene rings is 1. The molecular weight excluding hydrogens is 496 g/mol. The summed E-state index contributed by atoms with van der Waals surface area (Å²) in [4.78, 5) is 45.2. The van der Waals surface area contributed by atoms with Crippen molar-refractivity contribution in [2.75, 3.05) is 19.8 Å². The van der Waals surface area contributed by atoms with Crippen LogP contribution in [0.2, 0.25) is 0 Å². The molecule has 8 heteroatoms. The van der Waals surface area contributed by atoms with Gasteiger partial charge in [-0.3, -0.25) is 14.4 Å². The van der Waals surface area contributed by atoms with Gasteiger partial charge in [-0.25, -0.2) is 0 Å². The first kappa shape index (κ1) is 29.0. The molecule has 39 heavy (non-hydrogen) atoms. The molecule has 3 aliphatic heterocycles. The van der Waals surface area contributed by atoms with Gasteiger partial charge in [0.25, 0.3) is 0 Å². The fourth-order valence-corrected chi connectivity index (χ4v) is 6.89. The van der Waals surface area contributed by atoms with Gasteiger partial charge >= 0.3 is 5.97 Å². The third kappa shape index (κ3) is 4.93. The molecule has 3 heterocycles. The molecule has 0 saturated carbocycles. The Bertz CT molecular complexity index is 1090. The van der Waals surface area contributed by atoms with Gasteiger partial charge in [0.2, 0.25) is 11.8 Å². The maximum atomic E-state index is 14.4. The Morgan fingerprint density at radius 1 is 1.26 bits per heavy atom. The molecule has 2 bridgehead atoms.